The quantitative estimate of drug-likeness (QED) is 0.147. The van der Waals surface area contributed by atoms with E-state index in [1.807, 2.05) is 27.7 Å². The van der Waals surface area contributed by atoms with E-state index in [2.05, 4.69) is 41.7 Å². The number of Topliss-reactive ketones (excluding diaryl/α,β-unsaturated/α-hetero) is 1. The molecule has 5 amide bonds. The van der Waals surface area contributed by atoms with Crippen molar-refractivity contribution in [2.24, 2.45) is 22.2 Å². The highest BCUT2D eigenvalue weighted by Gasteiger charge is 2.98. The van der Waals surface area contributed by atoms with E-state index in [9.17, 15) is 32.4 Å². The van der Waals surface area contributed by atoms with Gasteiger partial charge in [0.05, 0.1) is 29.3 Å². The van der Waals surface area contributed by atoms with E-state index in [1.165, 1.54) is 12.3 Å². The van der Waals surface area contributed by atoms with E-state index >= 15 is 0 Å². The van der Waals surface area contributed by atoms with Crippen molar-refractivity contribution in [3.63, 3.8) is 0 Å². The van der Waals surface area contributed by atoms with Crippen molar-refractivity contribution in [2.45, 2.75) is 129 Å². The van der Waals surface area contributed by atoms with Crippen LogP contribution in [-0.4, -0.2) is 96.7 Å². The molecule has 4 fully saturated rings. The normalized spacial score (nSPS) is 29.3. The Kier molecular flexibility index (Phi) is 10.5. The Balaban J connectivity index is 1.35. The van der Waals surface area contributed by atoms with Crippen LogP contribution in [-0.2, 0) is 33.8 Å². The Labute approximate surface area is 302 Å². The van der Waals surface area contributed by atoms with Crippen LogP contribution >= 0.6 is 0 Å². The summed E-state index contributed by atoms with van der Waals surface area (Å²) in [6.45, 7) is 15.5. The second-order valence-electron chi connectivity index (χ2n) is 17.1. The number of nitrogens with zero attached hydrogens (tertiary/aromatic N) is 1. The lowest BCUT2D eigenvalue weighted by Gasteiger charge is -2.41. The number of hydrogen-bond acceptors (Lipinski definition) is 8. The molecule has 1 spiro atoms. The Morgan fingerprint density at radius 1 is 1.08 bits per heavy atom. The van der Waals surface area contributed by atoms with Gasteiger partial charge in [-0.2, -0.15) is 0 Å². The van der Waals surface area contributed by atoms with Gasteiger partial charge in [0.2, 0.25) is 17.6 Å². The predicted molar refractivity (Wildman–Crippen MR) is 192 cm³/mol. The summed E-state index contributed by atoms with van der Waals surface area (Å²) < 4.78 is 32.1. The van der Waals surface area contributed by atoms with Gasteiger partial charge in [-0.05, 0) is 48.5 Å². The highest BCUT2D eigenvalue weighted by molar-refractivity contribution is 7.91. The fourth-order valence-electron chi connectivity index (χ4n) is 9.53. The molecule has 5 aliphatic rings. The molecular formula is C37H57N5O8S. The second kappa shape index (κ2) is 13.9. The standard InChI is InChI=1S/C37H57N5O8S/c1-8-14-25(27(43)29(44)38-18-9-2)39-31(46)37-22-36(37)26(34(36,6)7)20-42(37)30(45)28(33(3,4)5)40-32(47)41-35(16-11-10-12-17-35)23-51(48,49)21-24-15-13-19-50-24/h9,13,19,24-26,28H,2,8,10-12,14-18,20-23H2,1,3-7H3,(H,38,44)(H,39,46)(H2,40,41,47)/t24?,25?,26?,28-,36?,37?/m1/s1. The minimum atomic E-state index is -3.60. The summed E-state index contributed by atoms with van der Waals surface area (Å²) >= 11 is 0. The molecule has 3 aliphatic carbocycles. The molecule has 284 valence electrons. The number of ether oxygens (including phenoxy) is 1. The zero-order valence-corrected chi connectivity index (χ0v) is 31.9. The van der Waals surface area contributed by atoms with Gasteiger partial charge in [0.1, 0.15) is 17.7 Å². The number of nitrogens with one attached hydrogen (secondary N) is 4. The summed E-state index contributed by atoms with van der Waals surface area (Å²) in [6.07, 6.45) is 9.53. The minimum absolute atomic E-state index is 0.0557. The van der Waals surface area contributed by atoms with Crippen molar-refractivity contribution in [3.05, 3.63) is 25.0 Å². The van der Waals surface area contributed by atoms with Crippen molar-refractivity contribution < 1.29 is 37.1 Å². The van der Waals surface area contributed by atoms with Crippen LogP contribution in [0.5, 0.6) is 0 Å². The van der Waals surface area contributed by atoms with E-state index in [-0.39, 0.29) is 35.8 Å². The van der Waals surface area contributed by atoms with Crippen LogP contribution in [0.15, 0.2) is 25.0 Å². The fourth-order valence-corrected chi connectivity index (χ4v) is 11.6. The van der Waals surface area contributed by atoms with Gasteiger partial charge in [-0.15, -0.1) is 6.58 Å². The zero-order valence-electron chi connectivity index (χ0n) is 31.1. The van der Waals surface area contributed by atoms with Crippen molar-refractivity contribution >= 4 is 39.4 Å². The van der Waals surface area contributed by atoms with E-state index in [4.69, 9.17) is 4.74 Å². The average Bonchev–Trinajstić information content (AvgIpc) is 3.62. The molecule has 6 atom stereocenters. The van der Waals surface area contributed by atoms with Crippen molar-refractivity contribution in [1.29, 1.82) is 0 Å². The molecule has 0 radical (unpaired) electrons. The molecule has 1 saturated heterocycles. The monoisotopic (exact) mass is 731 g/mol. The highest BCUT2D eigenvalue weighted by Crippen LogP contribution is 2.91. The maximum absolute atomic E-state index is 14.7. The van der Waals surface area contributed by atoms with Crippen molar-refractivity contribution in [1.82, 2.24) is 26.2 Å². The number of piperidine rings is 2. The summed E-state index contributed by atoms with van der Waals surface area (Å²) in [6, 6.07) is -2.74. The highest BCUT2D eigenvalue weighted by atomic mass is 32.2. The molecule has 0 bridgehead atoms. The Bertz CT molecular complexity index is 1570. The average molecular weight is 732 g/mol. The third-order valence-electron chi connectivity index (χ3n) is 12.3. The molecule has 13 nitrogen and oxygen atoms in total. The molecule has 5 rings (SSSR count). The number of ketones is 1. The number of carbonyl (C=O) groups is 5. The summed E-state index contributed by atoms with van der Waals surface area (Å²) in [4.78, 5) is 70.1. The SMILES string of the molecule is C=CCNC(=O)C(=O)C(CCC)NC(=O)C12CC13C(CN2C(=O)[C@@H](NC(=O)NC1(CS(=O)(=O)CC2CC=CO2)CCCCC1)C(C)(C)C)C3(C)C. The van der Waals surface area contributed by atoms with E-state index < -0.39 is 79.5 Å². The van der Waals surface area contributed by atoms with Crippen LogP contribution in [0.1, 0.15) is 99.3 Å². The van der Waals surface area contributed by atoms with Crippen LogP contribution in [0.2, 0.25) is 0 Å². The van der Waals surface area contributed by atoms with Crippen LogP contribution in [0.4, 0.5) is 4.79 Å². The molecule has 2 aliphatic heterocycles. The maximum Gasteiger partial charge on any atom is 0.315 e. The molecule has 3 saturated carbocycles. The van der Waals surface area contributed by atoms with Crippen molar-refractivity contribution in [3.8, 4) is 0 Å². The smallest absolute Gasteiger partial charge is 0.315 e. The number of amides is 5. The number of rotatable bonds is 15. The summed E-state index contributed by atoms with van der Waals surface area (Å²) in [5, 5.41) is 11.3. The van der Waals surface area contributed by atoms with Crippen LogP contribution in [0.3, 0.4) is 0 Å². The lowest BCUT2D eigenvalue weighted by molar-refractivity contribution is -0.147. The Hall–Kier alpha value is -3.42. The van der Waals surface area contributed by atoms with Gasteiger partial charge in [0.25, 0.3) is 5.91 Å². The number of carbonyl (C=O) groups excluding carboxylic acids is 5. The number of hydrogen-bond donors (Lipinski definition) is 4. The van der Waals surface area contributed by atoms with Crippen LogP contribution in [0, 0.1) is 22.2 Å². The van der Waals surface area contributed by atoms with Gasteiger partial charge < -0.3 is 30.9 Å². The maximum atomic E-state index is 14.7. The second-order valence-corrected chi connectivity index (χ2v) is 19.2. The van der Waals surface area contributed by atoms with Gasteiger partial charge in [0, 0.05) is 24.9 Å². The summed E-state index contributed by atoms with van der Waals surface area (Å²) in [5.74, 6) is -2.74. The molecule has 14 heteroatoms. The molecule has 0 aromatic rings. The molecule has 0 aromatic heterocycles. The molecular weight excluding hydrogens is 675 g/mol. The van der Waals surface area contributed by atoms with Crippen LogP contribution < -0.4 is 21.3 Å². The number of sulfone groups is 1. The topological polar surface area (TPSA) is 180 Å². The van der Waals surface area contributed by atoms with Gasteiger partial charge in [-0.25, -0.2) is 13.2 Å². The lowest BCUT2D eigenvalue weighted by Crippen LogP contribution is -2.64. The molecule has 4 N–H and O–H groups in total. The first-order chi connectivity index (χ1) is 23.8. The molecule has 0 aromatic carbocycles. The number of urea groups is 1. The first kappa shape index (κ1) is 38.8. The Morgan fingerprint density at radius 2 is 1.76 bits per heavy atom. The zero-order chi connectivity index (χ0) is 37.6. The molecule has 51 heavy (non-hydrogen) atoms. The van der Waals surface area contributed by atoms with Gasteiger partial charge >= 0.3 is 6.03 Å². The summed E-state index contributed by atoms with van der Waals surface area (Å²) in [7, 11) is -3.60. The van der Waals surface area contributed by atoms with Gasteiger partial charge in [-0.3, -0.25) is 19.2 Å². The Morgan fingerprint density at radius 3 is 2.33 bits per heavy atom. The van der Waals surface area contributed by atoms with E-state index in [1.54, 1.807) is 11.0 Å². The first-order valence-electron chi connectivity index (χ1n) is 18.5. The third-order valence-corrected chi connectivity index (χ3v) is 14.1. The van der Waals surface area contributed by atoms with Crippen molar-refractivity contribution in [2.75, 3.05) is 24.6 Å². The van der Waals surface area contributed by atoms with Gasteiger partial charge in [-0.1, -0.05) is 73.3 Å². The third kappa shape index (κ3) is 7.05. The van der Waals surface area contributed by atoms with Crippen LogP contribution in [0.25, 0.3) is 0 Å². The number of likely N-dealkylation sites (tertiary alicyclic amines) is 1. The molecule has 5 unspecified atom stereocenters. The first-order valence-corrected chi connectivity index (χ1v) is 20.3. The fraction of sp³-hybridized carbons (Fsp3) is 0.757. The summed E-state index contributed by atoms with van der Waals surface area (Å²) in [5.41, 5.74) is -3.67. The largest absolute Gasteiger partial charge is 0.497 e. The lowest BCUT2D eigenvalue weighted by atomic mass is 9.83. The van der Waals surface area contributed by atoms with E-state index in [0.717, 1.165) is 19.3 Å². The molecule has 2 heterocycles. The minimum Gasteiger partial charge on any atom is -0.497 e. The van der Waals surface area contributed by atoms with E-state index in [0.29, 0.717) is 38.6 Å². The predicted octanol–water partition coefficient (Wildman–Crippen LogP) is 2.90. The van der Waals surface area contributed by atoms with Gasteiger partial charge in [0.15, 0.2) is 9.84 Å².